The lowest BCUT2D eigenvalue weighted by atomic mass is 9.79. The van der Waals surface area contributed by atoms with Gasteiger partial charge in [-0.3, -0.25) is 9.78 Å². The van der Waals surface area contributed by atoms with Gasteiger partial charge in [0, 0.05) is 29.6 Å². The summed E-state index contributed by atoms with van der Waals surface area (Å²) in [5.41, 5.74) is 8.89. The summed E-state index contributed by atoms with van der Waals surface area (Å²) in [6.45, 7) is 0.658. The summed E-state index contributed by atoms with van der Waals surface area (Å²) in [5, 5.41) is 7.22. The first-order valence-corrected chi connectivity index (χ1v) is 13.0. The number of aromatic nitrogens is 2. The fourth-order valence-corrected chi connectivity index (χ4v) is 5.80. The number of hydrogen-bond donors (Lipinski definition) is 3. The largest absolute Gasteiger partial charge is 0.497 e. The van der Waals surface area contributed by atoms with Gasteiger partial charge in [-0.1, -0.05) is 0 Å². The number of hydrogen-bond acceptors (Lipinski definition) is 7. The predicted molar refractivity (Wildman–Crippen MR) is 136 cm³/mol. The van der Waals surface area contributed by atoms with Crippen molar-refractivity contribution in [3.05, 3.63) is 53.6 Å². The fourth-order valence-electron chi connectivity index (χ4n) is 5.04. The molecular formula is C26H30FN5O2S. The molecule has 35 heavy (non-hydrogen) atoms. The molecule has 3 aromatic rings. The lowest BCUT2D eigenvalue weighted by molar-refractivity contribution is -0.113. The molecule has 4 N–H and O–H groups in total. The molecule has 2 aliphatic rings. The van der Waals surface area contributed by atoms with E-state index in [-0.39, 0.29) is 17.8 Å². The van der Waals surface area contributed by atoms with Gasteiger partial charge in [-0.25, -0.2) is 9.37 Å². The zero-order chi connectivity index (χ0) is 24.4. The summed E-state index contributed by atoms with van der Waals surface area (Å²) in [7, 11) is 1.60. The molecule has 3 heterocycles. The monoisotopic (exact) mass is 495 g/mol. The second-order valence-electron chi connectivity index (χ2n) is 9.31. The van der Waals surface area contributed by atoms with Gasteiger partial charge >= 0.3 is 0 Å². The standard InChI is InChI=1S/C26H30FN5O2S/c1-34-18-7-8-23-20(10-18)19(21(27)13-30-23)11-22(28)15-2-4-16(5-3-15)29-12-17-6-9-24-26(31-17)32-25(33)14-35-24/h6-10,13,15-16,22,29H,2-5,11-12,14,28H2,1H3,(H,31,32,33)/t15?,16?,22-/m0/s1. The van der Waals surface area contributed by atoms with Gasteiger partial charge < -0.3 is 21.1 Å². The second kappa shape index (κ2) is 10.5. The van der Waals surface area contributed by atoms with Crippen LogP contribution in [0.1, 0.15) is 36.9 Å². The van der Waals surface area contributed by atoms with Crippen molar-refractivity contribution in [3.63, 3.8) is 0 Å². The molecule has 1 aromatic carbocycles. The third kappa shape index (κ3) is 5.42. The number of fused-ring (bicyclic) bond motifs is 2. The Labute approximate surface area is 208 Å². The van der Waals surface area contributed by atoms with Crippen LogP contribution in [-0.4, -0.2) is 40.8 Å². The molecule has 1 aliphatic carbocycles. The maximum atomic E-state index is 14.7. The van der Waals surface area contributed by atoms with Gasteiger partial charge in [-0.05, 0) is 68.4 Å². The van der Waals surface area contributed by atoms with Crippen LogP contribution in [0.4, 0.5) is 10.2 Å². The van der Waals surface area contributed by atoms with Gasteiger partial charge in [-0.2, -0.15) is 0 Å². The summed E-state index contributed by atoms with van der Waals surface area (Å²) < 4.78 is 20.1. The first-order valence-electron chi connectivity index (χ1n) is 12.0. The number of amides is 1. The maximum Gasteiger partial charge on any atom is 0.235 e. The van der Waals surface area contributed by atoms with E-state index in [2.05, 4.69) is 20.6 Å². The lowest BCUT2D eigenvalue weighted by Crippen LogP contribution is -2.39. The summed E-state index contributed by atoms with van der Waals surface area (Å²) in [6, 6.07) is 9.84. The van der Waals surface area contributed by atoms with Crippen molar-refractivity contribution in [2.75, 3.05) is 18.2 Å². The highest BCUT2D eigenvalue weighted by Crippen LogP contribution is 2.32. The van der Waals surface area contributed by atoms with Crippen molar-refractivity contribution in [2.45, 2.75) is 55.6 Å². The van der Waals surface area contributed by atoms with E-state index in [0.29, 0.717) is 47.8 Å². The van der Waals surface area contributed by atoms with Crippen LogP contribution in [0.25, 0.3) is 10.9 Å². The van der Waals surface area contributed by atoms with Crippen molar-refractivity contribution >= 4 is 34.4 Å². The number of carbonyl (C=O) groups excluding carboxylic acids is 1. The smallest absolute Gasteiger partial charge is 0.235 e. The van der Waals surface area contributed by atoms with Gasteiger partial charge in [0.1, 0.15) is 17.4 Å². The van der Waals surface area contributed by atoms with E-state index < -0.39 is 0 Å². The Balaban J connectivity index is 1.16. The number of benzene rings is 1. The topological polar surface area (TPSA) is 102 Å². The lowest BCUT2D eigenvalue weighted by Gasteiger charge is -2.33. The number of rotatable bonds is 7. The molecule has 5 rings (SSSR count). The molecule has 184 valence electrons. The molecule has 1 aliphatic heterocycles. The second-order valence-corrected chi connectivity index (χ2v) is 10.3. The number of nitrogens with one attached hydrogen (secondary N) is 2. The highest BCUT2D eigenvalue weighted by molar-refractivity contribution is 8.00. The van der Waals surface area contributed by atoms with Gasteiger partial charge in [0.05, 0.1) is 35.2 Å². The first kappa shape index (κ1) is 24.0. The van der Waals surface area contributed by atoms with E-state index in [1.807, 2.05) is 30.3 Å². The summed E-state index contributed by atoms with van der Waals surface area (Å²) in [6.07, 6.45) is 5.79. The van der Waals surface area contributed by atoms with Crippen molar-refractivity contribution in [3.8, 4) is 5.75 Å². The Morgan fingerprint density at radius 3 is 2.89 bits per heavy atom. The number of nitrogens with two attached hydrogens (primary N) is 1. The van der Waals surface area contributed by atoms with E-state index in [1.54, 1.807) is 7.11 Å². The zero-order valence-electron chi connectivity index (χ0n) is 19.7. The number of ether oxygens (including phenoxy) is 1. The molecule has 7 nitrogen and oxygen atoms in total. The summed E-state index contributed by atoms with van der Waals surface area (Å²) >= 11 is 1.52. The van der Waals surface area contributed by atoms with E-state index in [4.69, 9.17) is 10.5 Å². The molecule has 0 spiro atoms. The Bertz CT molecular complexity index is 1230. The van der Waals surface area contributed by atoms with Crippen LogP contribution in [0.3, 0.4) is 0 Å². The minimum Gasteiger partial charge on any atom is -0.497 e. The van der Waals surface area contributed by atoms with Crippen LogP contribution in [0.15, 0.2) is 41.4 Å². The van der Waals surface area contributed by atoms with E-state index in [9.17, 15) is 9.18 Å². The highest BCUT2D eigenvalue weighted by Gasteiger charge is 2.27. The van der Waals surface area contributed by atoms with Crippen LogP contribution in [-0.2, 0) is 17.8 Å². The minimum atomic E-state index is -0.316. The van der Waals surface area contributed by atoms with Crippen molar-refractivity contribution < 1.29 is 13.9 Å². The number of nitrogens with zero attached hydrogens (tertiary/aromatic N) is 2. The Morgan fingerprint density at radius 2 is 2.09 bits per heavy atom. The molecule has 2 aromatic heterocycles. The van der Waals surface area contributed by atoms with Gasteiger partial charge in [0.2, 0.25) is 5.91 Å². The molecule has 1 amide bonds. The average Bonchev–Trinajstić information content (AvgIpc) is 2.88. The molecule has 1 fully saturated rings. The third-order valence-electron chi connectivity index (χ3n) is 7.06. The van der Waals surface area contributed by atoms with Gasteiger partial charge in [-0.15, -0.1) is 11.8 Å². The van der Waals surface area contributed by atoms with Crippen molar-refractivity contribution in [2.24, 2.45) is 11.7 Å². The van der Waals surface area contributed by atoms with Gasteiger partial charge in [0.15, 0.2) is 0 Å². The zero-order valence-corrected chi connectivity index (χ0v) is 20.5. The number of methoxy groups -OCH3 is 1. The Kier molecular flexibility index (Phi) is 7.17. The molecule has 0 radical (unpaired) electrons. The van der Waals surface area contributed by atoms with Crippen LogP contribution >= 0.6 is 11.8 Å². The Hall–Kier alpha value is -2.75. The fraction of sp³-hybridized carbons (Fsp3) is 0.423. The molecule has 1 atom stereocenters. The molecule has 1 saturated carbocycles. The van der Waals surface area contributed by atoms with Crippen LogP contribution in [0.5, 0.6) is 5.75 Å². The number of anilines is 1. The normalized spacial score (nSPS) is 20.8. The molecule has 0 bridgehead atoms. The van der Waals surface area contributed by atoms with E-state index >= 15 is 0 Å². The minimum absolute atomic E-state index is 0.00597. The predicted octanol–water partition coefficient (Wildman–Crippen LogP) is 4.04. The SMILES string of the molecule is COc1ccc2ncc(F)c(C[C@H](N)C3CCC(NCc4ccc5c(n4)NC(=O)CS5)CC3)c2c1. The van der Waals surface area contributed by atoms with E-state index in [0.717, 1.165) is 47.2 Å². The average molecular weight is 496 g/mol. The molecule has 0 unspecified atom stereocenters. The van der Waals surface area contributed by atoms with Gasteiger partial charge in [0.25, 0.3) is 0 Å². The maximum absolute atomic E-state index is 14.7. The van der Waals surface area contributed by atoms with Crippen LogP contribution in [0, 0.1) is 11.7 Å². The van der Waals surface area contributed by atoms with E-state index in [1.165, 1.54) is 18.0 Å². The molecule has 0 saturated heterocycles. The molecule has 9 heteroatoms. The number of carbonyl (C=O) groups is 1. The quantitative estimate of drug-likeness (QED) is 0.455. The summed E-state index contributed by atoms with van der Waals surface area (Å²) in [4.78, 5) is 21.5. The number of halogens is 1. The van der Waals surface area contributed by atoms with Crippen LogP contribution < -0.4 is 21.1 Å². The Morgan fingerprint density at radius 1 is 1.26 bits per heavy atom. The number of pyridine rings is 2. The molecular weight excluding hydrogens is 465 g/mol. The third-order valence-corrected chi connectivity index (χ3v) is 8.10. The van der Waals surface area contributed by atoms with Crippen LogP contribution in [0.2, 0.25) is 0 Å². The first-order chi connectivity index (χ1) is 17.0. The van der Waals surface area contributed by atoms with Crippen molar-refractivity contribution in [1.82, 2.24) is 15.3 Å². The summed E-state index contributed by atoms with van der Waals surface area (Å²) in [5.74, 6) is 1.80. The number of thioether (sulfide) groups is 1. The van der Waals surface area contributed by atoms with Crippen molar-refractivity contribution in [1.29, 1.82) is 0 Å². The highest BCUT2D eigenvalue weighted by atomic mass is 32.2.